The van der Waals surface area contributed by atoms with E-state index in [1.54, 1.807) is 0 Å². The first-order valence-corrected chi connectivity index (χ1v) is 12.8. The van der Waals surface area contributed by atoms with Crippen LogP contribution in [0.2, 0.25) is 0 Å². The van der Waals surface area contributed by atoms with Crippen LogP contribution in [-0.2, 0) is 17.9 Å². The Morgan fingerprint density at radius 3 is 2.41 bits per heavy atom. The molecule has 3 aliphatic rings. The van der Waals surface area contributed by atoms with Gasteiger partial charge >= 0.3 is 0 Å². The number of amides is 1. The molecule has 1 aromatic carbocycles. The zero-order chi connectivity index (χ0) is 22.2. The van der Waals surface area contributed by atoms with Gasteiger partial charge in [0.05, 0.1) is 6.54 Å². The second kappa shape index (κ2) is 11.7. The number of rotatable bonds is 7. The standard InChI is InChI=1S/C26H41N5O/c1-2-27-26(29-24-14-17-31(20-24)25(32)23-8-4-5-9-23)28-18-21-10-12-22(13-11-21)19-30-15-6-3-7-16-30/h10-13,23-24H,2-9,14-20H2,1H3,(H2,27,28,29). The average molecular weight is 440 g/mol. The number of nitrogens with zero attached hydrogens (tertiary/aromatic N) is 3. The average Bonchev–Trinajstić information content (AvgIpc) is 3.52. The predicted octanol–water partition coefficient (Wildman–Crippen LogP) is 3.52. The molecule has 2 aliphatic heterocycles. The number of benzene rings is 1. The number of guanidine groups is 1. The highest BCUT2D eigenvalue weighted by molar-refractivity contribution is 5.81. The third-order valence-electron chi connectivity index (χ3n) is 7.19. The first kappa shape index (κ1) is 23.1. The fraction of sp³-hybridized carbons (Fsp3) is 0.692. The van der Waals surface area contributed by atoms with Crippen molar-refractivity contribution in [3.05, 3.63) is 35.4 Å². The molecule has 1 unspecified atom stereocenters. The molecular weight excluding hydrogens is 398 g/mol. The van der Waals surface area contributed by atoms with Gasteiger partial charge < -0.3 is 15.5 Å². The van der Waals surface area contributed by atoms with E-state index >= 15 is 0 Å². The molecule has 4 rings (SSSR count). The van der Waals surface area contributed by atoms with E-state index < -0.39 is 0 Å². The van der Waals surface area contributed by atoms with Gasteiger partial charge in [-0.2, -0.15) is 0 Å². The maximum atomic E-state index is 12.7. The monoisotopic (exact) mass is 439 g/mol. The smallest absolute Gasteiger partial charge is 0.225 e. The third kappa shape index (κ3) is 6.47. The van der Waals surface area contributed by atoms with Gasteiger partial charge in [0.2, 0.25) is 5.91 Å². The van der Waals surface area contributed by atoms with E-state index in [1.165, 1.54) is 56.3 Å². The normalized spacial score (nSPS) is 23.0. The van der Waals surface area contributed by atoms with Crippen molar-refractivity contribution in [1.29, 1.82) is 0 Å². The van der Waals surface area contributed by atoms with Crippen LogP contribution >= 0.6 is 0 Å². The zero-order valence-electron chi connectivity index (χ0n) is 19.8. The SMILES string of the molecule is CCNC(=NCc1ccc(CN2CCCCC2)cc1)NC1CCN(C(=O)C2CCCC2)C1. The highest BCUT2D eigenvalue weighted by Crippen LogP contribution is 2.27. The number of carbonyl (C=O) groups excluding carboxylic acids is 1. The molecule has 176 valence electrons. The van der Waals surface area contributed by atoms with Gasteiger partial charge in [0.25, 0.3) is 0 Å². The summed E-state index contributed by atoms with van der Waals surface area (Å²) in [4.78, 5) is 22.2. The van der Waals surface area contributed by atoms with Crippen molar-refractivity contribution in [3.63, 3.8) is 0 Å². The summed E-state index contributed by atoms with van der Waals surface area (Å²) in [6.45, 7) is 8.77. The number of likely N-dealkylation sites (tertiary alicyclic amines) is 2. The number of hydrogen-bond donors (Lipinski definition) is 2. The van der Waals surface area contributed by atoms with E-state index in [0.29, 0.717) is 12.5 Å². The number of piperidine rings is 1. The summed E-state index contributed by atoms with van der Waals surface area (Å²) in [7, 11) is 0. The van der Waals surface area contributed by atoms with E-state index in [9.17, 15) is 4.79 Å². The van der Waals surface area contributed by atoms with E-state index in [1.807, 2.05) is 0 Å². The van der Waals surface area contributed by atoms with Crippen molar-refractivity contribution in [3.8, 4) is 0 Å². The van der Waals surface area contributed by atoms with Gasteiger partial charge in [-0.1, -0.05) is 43.5 Å². The Kier molecular flexibility index (Phi) is 8.43. The largest absolute Gasteiger partial charge is 0.357 e. The van der Waals surface area contributed by atoms with Crippen molar-refractivity contribution in [2.75, 3.05) is 32.7 Å². The van der Waals surface area contributed by atoms with Crippen LogP contribution in [0.4, 0.5) is 0 Å². The first-order valence-electron chi connectivity index (χ1n) is 12.8. The molecule has 2 saturated heterocycles. The molecule has 3 fully saturated rings. The van der Waals surface area contributed by atoms with Gasteiger partial charge in [-0.15, -0.1) is 0 Å². The molecule has 6 heteroatoms. The van der Waals surface area contributed by atoms with Crippen LogP contribution in [0, 0.1) is 5.92 Å². The van der Waals surface area contributed by atoms with Crippen molar-refractivity contribution in [1.82, 2.24) is 20.4 Å². The zero-order valence-corrected chi connectivity index (χ0v) is 19.8. The predicted molar refractivity (Wildman–Crippen MR) is 130 cm³/mol. The van der Waals surface area contributed by atoms with Gasteiger partial charge in [-0.3, -0.25) is 9.69 Å². The first-order chi connectivity index (χ1) is 15.7. The molecule has 2 heterocycles. The molecule has 6 nitrogen and oxygen atoms in total. The van der Waals surface area contributed by atoms with Gasteiger partial charge in [0, 0.05) is 38.1 Å². The highest BCUT2D eigenvalue weighted by atomic mass is 16.2. The summed E-state index contributed by atoms with van der Waals surface area (Å²) >= 11 is 0. The Hall–Kier alpha value is -2.08. The van der Waals surface area contributed by atoms with Crippen molar-refractivity contribution >= 4 is 11.9 Å². The number of hydrogen-bond acceptors (Lipinski definition) is 3. The quantitative estimate of drug-likeness (QED) is 0.504. The van der Waals surface area contributed by atoms with Crippen LogP contribution in [0.25, 0.3) is 0 Å². The minimum Gasteiger partial charge on any atom is -0.357 e. The fourth-order valence-electron chi connectivity index (χ4n) is 5.32. The van der Waals surface area contributed by atoms with Crippen LogP contribution in [-0.4, -0.2) is 60.4 Å². The summed E-state index contributed by atoms with van der Waals surface area (Å²) in [6.07, 6.45) is 9.62. The number of aliphatic imine (C=N–C) groups is 1. The topological polar surface area (TPSA) is 60.0 Å². The van der Waals surface area contributed by atoms with Crippen molar-refractivity contribution in [2.24, 2.45) is 10.9 Å². The van der Waals surface area contributed by atoms with Gasteiger partial charge in [-0.05, 0) is 63.2 Å². The number of carbonyl (C=O) groups is 1. The van der Waals surface area contributed by atoms with Crippen LogP contribution in [0.1, 0.15) is 69.4 Å². The lowest BCUT2D eigenvalue weighted by Crippen LogP contribution is -2.45. The molecule has 0 radical (unpaired) electrons. The van der Waals surface area contributed by atoms with Crippen LogP contribution in [0.5, 0.6) is 0 Å². The van der Waals surface area contributed by atoms with Crippen molar-refractivity contribution in [2.45, 2.75) is 77.4 Å². The van der Waals surface area contributed by atoms with Crippen LogP contribution < -0.4 is 10.6 Å². The Morgan fingerprint density at radius 2 is 1.69 bits per heavy atom. The fourth-order valence-corrected chi connectivity index (χ4v) is 5.32. The van der Waals surface area contributed by atoms with E-state index in [2.05, 4.69) is 51.6 Å². The lowest BCUT2D eigenvalue weighted by atomic mass is 10.1. The maximum absolute atomic E-state index is 12.7. The van der Waals surface area contributed by atoms with Crippen LogP contribution in [0.3, 0.4) is 0 Å². The summed E-state index contributed by atoms with van der Waals surface area (Å²) in [6, 6.07) is 9.21. The second-order valence-corrected chi connectivity index (χ2v) is 9.74. The summed E-state index contributed by atoms with van der Waals surface area (Å²) < 4.78 is 0. The van der Waals surface area contributed by atoms with Crippen LogP contribution in [0.15, 0.2) is 29.3 Å². The van der Waals surface area contributed by atoms with Gasteiger partial charge in [-0.25, -0.2) is 4.99 Å². The summed E-state index contributed by atoms with van der Waals surface area (Å²) in [5.74, 6) is 1.50. The Bertz CT molecular complexity index is 750. The Labute approximate surface area is 193 Å². The Balaban J connectivity index is 1.26. The molecular formula is C26H41N5O. The third-order valence-corrected chi connectivity index (χ3v) is 7.19. The summed E-state index contributed by atoms with van der Waals surface area (Å²) in [5.41, 5.74) is 2.62. The molecule has 1 saturated carbocycles. The molecule has 1 aliphatic carbocycles. The molecule has 1 aromatic rings. The second-order valence-electron chi connectivity index (χ2n) is 9.74. The maximum Gasteiger partial charge on any atom is 0.225 e. The molecule has 2 N–H and O–H groups in total. The molecule has 1 amide bonds. The highest BCUT2D eigenvalue weighted by Gasteiger charge is 2.32. The molecule has 32 heavy (non-hydrogen) atoms. The number of nitrogens with one attached hydrogen (secondary N) is 2. The van der Waals surface area contributed by atoms with E-state index in [4.69, 9.17) is 4.99 Å². The lowest BCUT2D eigenvalue weighted by Gasteiger charge is -2.26. The van der Waals surface area contributed by atoms with Crippen molar-refractivity contribution < 1.29 is 4.79 Å². The van der Waals surface area contributed by atoms with E-state index in [0.717, 1.165) is 51.4 Å². The molecule has 1 atom stereocenters. The minimum absolute atomic E-state index is 0.272. The Morgan fingerprint density at radius 1 is 0.969 bits per heavy atom. The summed E-state index contributed by atoms with van der Waals surface area (Å²) in [5, 5.41) is 6.94. The molecule has 0 aromatic heterocycles. The lowest BCUT2D eigenvalue weighted by molar-refractivity contribution is -0.134. The van der Waals surface area contributed by atoms with E-state index in [-0.39, 0.29) is 12.0 Å². The molecule has 0 bridgehead atoms. The van der Waals surface area contributed by atoms with Gasteiger partial charge in [0.15, 0.2) is 5.96 Å². The minimum atomic E-state index is 0.272. The van der Waals surface area contributed by atoms with Gasteiger partial charge in [0.1, 0.15) is 0 Å². The molecule has 0 spiro atoms.